The average Bonchev–Trinajstić information content (AvgIpc) is 0. The summed E-state index contributed by atoms with van der Waals surface area (Å²) in [6.45, 7) is 0. The van der Waals surface area contributed by atoms with E-state index >= 15 is 0 Å². The number of hydrogen-bond acceptors (Lipinski definition) is 0. The number of rotatable bonds is 0. The van der Waals surface area contributed by atoms with Gasteiger partial charge < -0.3 is 0 Å². The minimum absolute atomic E-state index is 0. The van der Waals surface area contributed by atoms with Crippen LogP contribution in [0.3, 0.4) is 0 Å². The van der Waals surface area contributed by atoms with Gasteiger partial charge in [0.25, 0.3) is 0 Å². The van der Waals surface area contributed by atoms with Gasteiger partial charge in [-0.05, 0) is 0 Å². The molecule has 0 saturated carbocycles. The van der Waals surface area contributed by atoms with Gasteiger partial charge in [-0.3, -0.25) is 94.1 Å². The summed E-state index contributed by atoms with van der Waals surface area (Å²) in [4.78, 5) is 0. The van der Waals surface area contributed by atoms with Crippen LogP contribution in [0.15, 0.2) is 0 Å². The third-order valence-electron chi connectivity index (χ3n) is 0. The normalized spacial score (nSPS) is 0. The van der Waals surface area contributed by atoms with Gasteiger partial charge in [0.15, 0.2) is 0 Å². The summed E-state index contributed by atoms with van der Waals surface area (Å²) in [7, 11) is 0. The molecule has 25 heavy (non-hydrogen) atoms. The molecule has 0 radical (unpaired) electrons. The van der Waals surface area contributed by atoms with Crippen LogP contribution in [0.1, 0.15) is 0 Å². The van der Waals surface area contributed by atoms with E-state index in [4.69, 9.17) is 0 Å². The molecule has 0 amide bonds. The first-order chi connectivity index (χ1) is 0. The predicted molar refractivity (Wildman–Crippen MR) is 85.8 cm³/mol. The Labute approximate surface area is 341 Å². The zero-order valence-electron chi connectivity index (χ0n) is 8.16. The molecular formula is H25F20K5. The van der Waals surface area contributed by atoms with Gasteiger partial charge in [0, 0.05) is 0 Å². The van der Waals surface area contributed by atoms with Crippen molar-refractivity contribution in [3.05, 3.63) is 0 Å². The van der Waals surface area contributed by atoms with Crippen LogP contribution in [0, 0.1) is 0 Å². The maximum absolute atomic E-state index is 0. The molecule has 0 aromatic carbocycles. The van der Waals surface area contributed by atoms with Crippen LogP contribution in [0.2, 0.25) is 0 Å². The monoisotopic (exact) mass is 600 g/mol. The van der Waals surface area contributed by atoms with Crippen LogP contribution in [-0.2, 0) is 0 Å². The molecule has 0 unspecified atom stereocenters. The van der Waals surface area contributed by atoms with Crippen LogP contribution in [0.4, 0.5) is 94.1 Å². The first-order valence-electron chi connectivity index (χ1n) is 0. The zero-order valence-corrected chi connectivity index (χ0v) is 8.16. The van der Waals surface area contributed by atoms with Crippen molar-refractivity contribution in [1.29, 1.82) is 0 Å². The fourth-order valence-electron chi connectivity index (χ4n) is 0. The Morgan fingerprint density at radius 2 is 0.0800 bits per heavy atom. The first-order valence-corrected chi connectivity index (χ1v) is 0. The second kappa shape index (κ2) is 594. The van der Waals surface area contributed by atoms with Crippen LogP contribution >= 0.6 is 0 Å². The Bertz CT molecular complexity index is 18.0. The SMILES string of the molecule is F.F.F.F.F.F.F.F.F.F.F.F.F.F.F.F.F.F.F.F.[KH].[KH].[KH].[KH].[KH]. The molecule has 0 fully saturated rings. The van der Waals surface area contributed by atoms with E-state index in [1.165, 1.54) is 0 Å². The first kappa shape index (κ1) is 655. The number of halogens is 20. The van der Waals surface area contributed by atoms with Crippen molar-refractivity contribution in [3.8, 4) is 0 Å². The average molecular weight is 601 g/mol. The molecular weight excluding hydrogens is 575 g/mol. The molecule has 170 valence electrons. The molecule has 25 heteroatoms. The van der Waals surface area contributed by atoms with Gasteiger partial charge in [0.2, 0.25) is 0 Å². The van der Waals surface area contributed by atoms with E-state index in [-0.39, 0.29) is 351 Å². The minimum atomic E-state index is 0. The fraction of sp³-hybridized carbons (Fsp3) is 0. The van der Waals surface area contributed by atoms with Crippen molar-refractivity contribution in [1.82, 2.24) is 0 Å². The summed E-state index contributed by atoms with van der Waals surface area (Å²) < 4.78 is 0. The molecule has 0 nitrogen and oxygen atoms in total. The van der Waals surface area contributed by atoms with E-state index in [0.29, 0.717) is 0 Å². The molecule has 0 aliphatic heterocycles. The van der Waals surface area contributed by atoms with Gasteiger partial charge >= 0.3 is 257 Å². The summed E-state index contributed by atoms with van der Waals surface area (Å²) in [5, 5.41) is 0. The van der Waals surface area contributed by atoms with Crippen molar-refractivity contribution >= 4 is 257 Å². The topological polar surface area (TPSA) is 0 Å². The van der Waals surface area contributed by atoms with Gasteiger partial charge in [0.05, 0.1) is 0 Å². The molecule has 0 bridgehead atoms. The maximum atomic E-state index is 0. The third kappa shape index (κ3) is 554. The van der Waals surface area contributed by atoms with Gasteiger partial charge in [-0.2, -0.15) is 0 Å². The second-order valence-electron chi connectivity index (χ2n) is 0. The molecule has 0 spiro atoms. The summed E-state index contributed by atoms with van der Waals surface area (Å²) in [6.07, 6.45) is 0. The Morgan fingerprint density at radius 1 is 0.0800 bits per heavy atom. The molecule has 0 atom stereocenters. The molecule has 0 aromatic heterocycles. The van der Waals surface area contributed by atoms with E-state index in [1.807, 2.05) is 0 Å². The van der Waals surface area contributed by atoms with Crippen LogP contribution in [-0.4, -0.2) is 257 Å². The van der Waals surface area contributed by atoms with Gasteiger partial charge in [-0.1, -0.05) is 0 Å². The van der Waals surface area contributed by atoms with Crippen molar-refractivity contribution in [3.63, 3.8) is 0 Å². The van der Waals surface area contributed by atoms with Gasteiger partial charge in [-0.25, -0.2) is 0 Å². The van der Waals surface area contributed by atoms with Crippen LogP contribution in [0.5, 0.6) is 0 Å². The Balaban J connectivity index is 0. The van der Waals surface area contributed by atoms with Crippen molar-refractivity contribution in [2.24, 2.45) is 0 Å². The molecule has 0 N–H and O–H groups in total. The van der Waals surface area contributed by atoms with Crippen molar-refractivity contribution in [2.75, 3.05) is 0 Å². The molecule has 0 rings (SSSR count). The Hall–Kier alpha value is 6.78. The van der Waals surface area contributed by atoms with E-state index in [0.717, 1.165) is 0 Å². The standard InChI is InChI=1S/20FH.5K.5H/h20*1H;;;;;;;;;;. The van der Waals surface area contributed by atoms with Crippen molar-refractivity contribution < 1.29 is 94.1 Å². The fourth-order valence-corrected chi connectivity index (χ4v) is 0. The molecule has 0 saturated heterocycles. The van der Waals surface area contributed by atoms with E-state index in [1.54, 1.807) is 0 Å². The Morgan fingerprint density at radius 3 is 0.0800 bits per heavy atom. The molecule has 0 heterocycles. The summed E-state index contributed by atoms with van der Waals surface area (Å²) in [6, 6.07) is 0. The summed E-state index contributed by atoms with van der Waals surface area (Å²) in [5.74, 6) is 0. The van der Waals surface area contributed by atoms with E-state index < -0.39 is 0 Å². The Kier molecular flexibility index (Phi) is 15500. The van der Waals surface area contributed by atoms with E-state index in [9.17, 15) is 0 Å². The van der Waals surface area contributed by atoms with Crippen molar-refractivity contribution in [2.45, 2.75) is 0 Å². The number of hydrogen-bond donors (Lipinski definition) is 0. The second-order valence-corrected chi connectivity index (χ2v) is 0. The van der Waals surface area contributed by atoms with Crippen LogP contribution < -0.4 is 0 Å². The third-order valence-corrected chi connectivity index (χ3v) is 0. The van der Waals surface area contributed by atoms with E-state index in [2.05, 4.69) is 0 Å². The summed E-state index contributed by atoms with van der Waals surface area (Å²) >= 11 is 0. The predicted octanol–water partition coefficient (Wildman–Crippen LogP) is -0.192. The van der Waals surface area contributed by atoms with Gasteiger partial charge in [-0.15, -0.1) is 0 Å². The van der Waals surface area contributed by atoms with Gasteiger partial charge in [0.1, 0.15) is 0 Å². The molecule has 0 aromatic rings. The molecule has 0 aliphatic rings. The zero-order chi connectivity index (χ0) is 0. The molecule has 0 aliphatic carbocycles. The van der Waals surface area contributed by atoms with Crippen LogP contribution in [0.25, 0.3) is 0 Å². The summed E-state index contributed by atoms with van der Waals surface area (Å²) in [5.41, 5.74) is 0. The quantitative estimate of drug-likeness (QED) is 0.267.